The first kappa shape index (κ1) is 21.9. The number of nitrogens with one attached hydrogen (secondary N) is 2. The number of nitrogens with zero attached hydrogens (tertiary/aromatic N) is 3. The van der Waals surface area contributed by atoms with Crippen molar-refractivity contribution in [2.24, 2.45) is 4.99 Å². The van der Waals surface area contributed by atoms with E-state index in [0.717, 1.165) is 23.8 Å². The van der Waals surface area contributed by atoms with E-state index in [-0.39, 0.29) is 5.54 Å². The highest BCUT2D eigenvalue weighted by molar-refractivity contribution is 5.79. The van der Waals surface area contributed by atoms with Crippen LogP contribution in [0.2, 0.25) is 0 Å². The summed E-state index contributed by atoms with van der Waals surface area (Å²) in [7, 11) is 4.09. The Bertz CT molecular complexity index is 648. The fraction of sp³-hybridized carbons (Fsp3) is 0.696. The molecule has 0 unspecified atom stereocenters. The van der Waals surface area contributed by atoms with Gasteiger partial charge in [-0.2, -0.15) is 0 Å². The lowest BCUT2D eigenvalue weighted by Gasteiger charge is -2.50. The van der Waals surface area contributed by atoms with Crippen LogP contribution in [0.5, 0.6) is 5.75 Å². The lowest BCUT2D eigenvalue weighted by molar-refractivity contribution is 0.0173. The van der Waals surface area contributed by atoms with Gasteiger partial charge in [0.25, 0.3) is 0 Å². The number of hydrogen-bond acceptors (Lipinski definition) is 4. The van der Waals surface area contributed by atoms with E-state index in [1.54, 1.807) is 0 Å². The number of guanidine groups is 1. The zero-order chi connectivity index (χ0) is 20.5. The topological polar surface area (TPSA) is 52.1 Å². The van der Waals surface area contributed by atoms with Crippen molar-refractivity contribution in [3.8, 4) is 5.75 Å². The highest BCUT2D eigenvalue weighted by Crippen LogP contribution is 2.30. The third-order valence-electron chi connectivity index (χ3n) is 6.47. The van der Waals surface area contributed by atoms with Gasteiger partial charge in [-0.3, -0.25) is 9.89 Å². The Hall–Kier alpha value is -1.79. The van der Waals surface area contributed by atoms with Crippen LogP contribution in [0.25, 0.3) is 0 Å². The molecule has 0 amide bonds. The van der Waals surface area contributed by atoms with Crippen molar-refractivity contribution in [1.29, 1.82) is 0 Å². The smallest absolute Gasteiger partial charge is 0.191 e. The summed E-state index contributed by atoms with van der Waals surface area (Å²) in [6.45, 7) is 9.17. The molecule has 2 fully saturated rings. The summed E-state index contributed by atoms with van der Waals surface area (Å²) < 4.78 is 5.75. The SMILES string of the molecule is CCOc1ccccc1CNC(=NC)NCC1(N2CCCCC2)CCN(C)CC1. The maximum absolute atomic E-state index is 5.75. The van der Waals surface area contributed by atoms with Crippen LogP contribution in [-0.2, 0) is 6.54 Å². The Morgan fingerprint density at radius 3 is 2.48 bits per heavy atom. The zero-order valence-electron chi connectivity index (χ0n) is 18.5. The van der Waals surface area contributed by atoms with Crippen molar-refractivity contribution in [1.82, 2.24) is 20.4 Å². The van der Waals surface area contributed by atoms with E-state index in [9.17, 15) is 0 Å². The van der Waals surface area contributed by atoms with Gasteiger partial charge < -0.3 is 20.3 Å². The van der Waals surface area contributed by atoms with Crippen LogP contribution in [0.3, 0.4) is 0 Å². The number of aliphatic imine (C=N–C) groups is 1. The minimum Gasteiger partial charge on any atom is -0.494 e. The maximum atomic E-state index is 5.75. The van der Waals surface area contributed by atoms with Gasteiger partial charge in [-0.1, -0.05) is 24.6 Å². The number of benzene rings is 1. The average Bonchev–Trinajstić information content (AvgIpc) is 2.77. The minimum absolute atomic E-state index is 0.244. The molecule has 1 aromatic carbocycles. The van der Waals surface area contributed by atoms with Crippen molar-refractivity contribution < 1.29 is 4.74 Å². The Kier molecular flexibility index (Phi) is 8.19. The quantitative estimate of drug-likeness (QED) is 0.543. The van der Waals surface area contributed by atoms with Crippen molar-refractivity contribution in [3.05, 3.63) is 29.8 Å². The van der Waals surface area contributed by atoms with Gasteiger partial charge in [0.15, 0.2) is 5.96 Å². The Morgan fingerprint density at radius 1 is 1.07 bits per heavy atom. The van der Waals surface area contributed by atoms with Crippen LogP contribution >= 0.6 is 0 Å². The normalized spacial score (nSPS) is 21.0. The summed E-state index contributed by atoms with van der Waals surface area (Å²) in [5, 5.41) is 7.13. The van der Waals surface area contributed by atoms with Gasteiger partial charge in [0, 0.05) is 31.2 Å². The van der Waals surface area contributed by atoms with E-state index in [0.29, 0.717) is 13.2 Å². The van der Waals surface area contributed by atoms with Crippen LogP contribution in [0.4, 0.5) is 0 Å². The first-order valence-corrected chi connectivity index (χ1v) is 11.3. The summed E-state index contributed by atoms with van der Waals surface area (Å²) >= 11 is 0. The maximum Gasteiger partial charge on any atom is 0.191 e. The Morgan fingerprint density at radius 2 is 1.79 bits per heavy atom. The third kappa shape index (κ3) is 5.86. The highest BCUT2D eigenvalue weighted by atomic mass is 16.5. The van der Waals surface area contributed by atoms with Gasteiger partial charge in [0.1, 0.15) is 5.75 Å². The molecule has 6 heteroatoms. The number of ether oxygens (including phenoxy) is 1. The first-order valence-electron chi connectivity index (χ1n) is 11.3. The van der Waals surface area contributed by atoms with E-state index < -0.39 is 0 Å². The monoisotopic (exact) mass is 401 g/mol. The molecule has 6 nitrogen and oxygen atoms in total. The molecule has 2 saturated heterocycles. The summed E-state index contributed by atoms with van der Waals surface area (Å²) in [5.74, 6) is 1.81. The molecule has 162 valence electrons. The number of para-hydroxylation sites is 1. The van der Waals surface area contributed by atoms with Crippen molar-refractivity contribution >= 4 is 5.96 Å². The molecule has 2 N–H and O–H groups in total. The second kappa shape index (κ2) is 10.8. The van der Waals surface area contributed by atoms with Gasteiger partial charge in [0.05, 0.1) is 6.61 Å². The molecule has 0 aliphatic carbocycles. The van der Waals surface area contributed by atoms with Crippen LogP contribution in [-0.4, -0.2) is 74.7 Å². The number of likely N-dealkylation sites (tertiary alicyclic amines) is 2. The first-order chi connectivity index (χ1) is 14.2. The van der Waals surface area contributed by atoms with Gasteiger partial charge >= 0.3 is 0 Å². The second-order valence-electron chi connectivity index (χ2n) is 8.40. The fourth-order valence-corrected chi connectivity index (χ4v) is 4.60. The predicted octanol–water partition coefficient (Wildman–Crippen LogP) is 2.70. The van der Waals surface area contributed by atoms with Crippen molar-refractivity contribution in [2.45, 2.75) is 51.1 Å². The molecule has 0 saturated carbocycles. The van der Waals surface area contributed by atoms with E-state index >= 15 is 0 Å². The Labute approximate surface area is 176 Å². The number of rotatable bonds is 7. The lowest BCUT2D eigenvalue weighted by Crippen LogP contribution is -2.62. The molecule has 2 aliphatic heterocycles. The molecule has 0 aromatic heterocycles. The zero-order valence-corrected chi connectivity index (χ0v) is 18.5. The Balaban J connectivity index is 1.60. The number of hydrogen-bond donors (Lipinski definition) is 2. The summed E-state index contributed by atoms with van der Waals surface area (Å²) in [4.78, 5) is 9.70. The number of piperidine rings is 2. The molecule has 0 spiro atoms. The molecule has 2 aliphatic rings. The minimum atomic E-state index is 0.244. The molecular formula is C23H39N5O. The third-order valence-corrected chi connectivity index (χ3v) is 6.47. The largest absolute Gasteiger partial charge is 0.494 e. The van der Waals surface area contributed by atoms with Gasteiger partial charge in [-0.05, 0) is 71.9 Å². The molecule has 2 heterocycles. The van der Waals surface area contributed by atoms with E-state index in [2.05, 4.69) is 44.6 Å². The van der Waals surface area contributed by atoms with E-state index in [1.165, 1.54) is 58.3 Å². The summed E-state index contributed by atoms with van der Waals surface area (Å²) in [6, 6.07) is 8.21. The highest BCUT2D eigenvalue weighted by Gasteiger charge is 2.39. The van der Waals surface area contributed by atoms with Crippen LogP contribution in [0.15, 0.2) is 29.3 Å². The molecule has 3 rings (SSSR count). The molecule has 0 bridgehead atoms. The lowest BCUT2D eigenvalue weighted by atomic mass is 9.84. The van der Waals surface area contributed by atoms with Crippen molar-refractivity contribution in [3.63, 3.8) is 0 Å². The standard InChI is InChI=1S/C23H39N5O/c1-4-29-21-11-7-6-10-20(21)18-25-22(24-2)26-19-23(12-16-27(3)17-13-23)28-14-8-5-9-15-28/h6-7,10-11H,4-5,8-9,12-19H2,1-3H3,(H2,24,25,26). The molecular weight excluding hydrogens is 362 g/mol. The van der Waals surface area contributed by atoms with Crippen LogP contribution < -0.4 is 15.4 Å². The molecule has 29 heavy (non-hydrogen) atoms. The molecule has 0 radical (unpaired) electrons. The van der Waals surface area contributed by atoms with Gasteiger partial charge in [0.2, 0.25) is 0 Å². The second-order valence-corrected chi connectivity index (χ2v) is 8.40. The van der Waals surface area contributed by atoms with E-state index in [1.807, 2.05) is 26.1 Å². The van der Waals surface area contributed by atoms with Crippen LogP contribution in [0.1, 0.15) is 44.6 Å². The van der Waals surface area contributed by atoms with E-state index in [4.69, 9.17) is 4.74 Å². The van der Waals surface area contributed by atoms with Gasteiger partial charge in [-0.15, -0.1) is 0 Å². The summed E-state index contributed by atoms with van der Waals surface area (Å²) in [6.07, 6.45) is 6.49. The molecule has 0 atom stereocenters. The molecule has 1 aromatic rings. The predicted molar refractivity (Wildman–Crippen MR) is 121 cm³/mol. The van der Waals surface area contributed by atoms with Crippen molar-refractivity contribution in [2.75, 3.05) is 53.4 Å². The summed E-state index contributed by atoms with van der Waals surface area (Å²) in [5.41, 5.74) is 1.40. The van der Waals surface area contributed by atoms with Crippen LogP contribution in [0, 0.1) is 0 Å². The average molecular weight is 402 g/mol. The fourth-order valence-electron chi connectivity index (χ4n) is 4.60. The van der Waals surface area contributed by atoms with Gasteiger partial charge in [-0.25, -0.2) is 0 Å².